The largest absolute Gasteiger partial charge is 0.228 e. The van der Waals surface area contributed by atoms with Gasteiger partial charge in [0.2, 0.25) is 0 Å². The van der Waals surface area contributed by atoms with Crippen LogP contribution in [0.1, 0.15) is 0 Å². The van der Waals surface area contributed by atoms with Gasteiger partial charge in [0.15, 0.2) is 5.82 Å². The fourth-order valence-electron chi connectivity index (χ4n) is 7.57. The number of hydrogen-bond donors (Lipinski definition) is 0. The molecule has 2 heterocycles. The lowest BCUT2D eigenvalue weighted by molar-refractivity contribution is 1.18. The molecule has 2 aromatic heterocycles. The number of rotatable bonds is 6. The molecule has 0 aliphatic rings. The third-order valence-corrected chi connectivity index (χ3v) is 11.3. The summed E-state index contributed by atoms with van der Waals surface area (Å²) in [5, 5.41) is 5.15. The first-order chi connectivity index (χ1) is 26.3. The molecule has 0 saturated carbocycles. The molecular weight excluding hydrogens is 661 g/mol. The molecule has 0 fully saturated rings. The third-order valence-electron chi connectivity index (χ3n) is 10.1. The van der Waals surface area contributed by atoms with Gasteiger partial charge in [-0.2, -0.15) is 0 Å². The summed E-state index contributed by atoms with van der Waals surface area (Å²) in [6.07, 6.45) is 0. The molecule has 10 rings (SSSR count). The summed E-state index contributed by atoms with van der Waals surface area (Å²) in [4.78, 5) is 10.1. The van der Waals surface area contributed by atoms with E-state index in [-0.39, 0.29) is 0 Å². The molecule has 10 aromatic rings. The Labute approximate surface area is 312 Å². The van der Waals surface area contributed by atoms with Crippen molar-refractivity contribution < 1.29 is 0 Å². The Hall–Kier alpha value is -6.68. The van der Waals surface area contributed by atoms with E-state index in [1.807, 2.05) is 23.5 Å². The fourth-order valence-corrected chi connectivity index (χ4v) is 8.85. The number of thiophene rings is 1. The van der Waals surface area contributed by atoms with Crippen molar-refractivity contribution in [3.63, 3.8) is 0 Å². The quantitative estimate of drug-likeness (QED) is 0.173. The van der Waals surface area contributed by atoms with Gasteiger partial charge in [0.25, 0.3) is 0 Å². The van der Waals surface area contributed by atoms with Gasteiger partial charge in [-0.15, -0.1) is 11.3 Å². The highest BCUT2D eigenvalue weighted by Gasteiger charge is 2.21. The van der Waals surface area contributed by atoms with E-state index in [4.69, 9.17) is 9.97 Å². The Balaban J connectivity index is 1.12. The SMILES string of the molecule is c1ccc(-c2cc(-c3ccccc3)nc(-c3ccc(-c4ccc5sc6c(-c7ccccc7)c(-c7ccccc7)c7ccccc7c6c5c4)cc3)n2)cc1. The Morgan fingerprint density at radius 2 is 0.792 bits per heavy atom. The number of benzene rings is 8. The average Bonchev–Trinajstić information content (AvgIpc) is 3.63. The maximum atomic E-state index is 5.05. The summed E-state index contributed by atoms with van der Waals surface area (Å²) in [5.74, 6) is 0.713. The molecule has 0 aliphatic heterocycles. The molecule has 248 valence electrons. The highest BCUT2D eigenvalue weighted by atomic mass is 32.1. The first-order valence-electron chi connectivity index (χ1n) is 17.9. The minimum Gasteiger partial charge on any atom is -0.228 e. The Morgan fingerprint density at radius 3 is 1.38 bits per heavy atom. The van der Waals surface area contributed by atoms with Gasteiger partial charge in [-0.1, -0.05) is 176 Å². The van der Waals surface area contributed by atoms with Crippen LogP contribution < -0.4 is 0 Å². The predicted molar refractivity (Wildman–Crippen MR) is 225 cm³/mol. The summed E-state index contributed by atoms with van der Waals surface area (Å²) in [6.45, 7) is 0. The summed E-state index contributed by atoms with van der Waals surface area (Å²) in [7, 11) is 0. The summed E-state index contributed by atoms with van der Waals surface area (Å²) in [6, 6.07) is 69.0. The molecule has 0 aliphatic carbocycles. The minimum atomic E-state index is 0.713. The third kappa shape index (κ3) is 5.59. The van der Waals surface area contributed by atoms with Crippen molar-refractivity contribution in [1.29, 1.82) is 0 Å². The Kier molecular flexibility index (Phi) is 7.71. The molecular formula is C50H32N2S. The monoisotopic (exact) mass is 692 g/mol. The number of hydrogen-bond acceptors (Lipinski definition) is 3. The first-order valence-corrected chi connectivity index (χ1v) is 18.7. The van der Waals surface area contributed by atoms with Crippen LogP contribution in [0, 0.1) is 0 Å². The maximum absolute atomic E-state index is 5.05. The van der Waals surface area contributed by atoms with E-state index in [0.29, 0.717) is 5.82 Å². The number of nitrogens with zero attached hydrogens (tertiary/aromatic N) is 2. The van der Waals surface area contributed by atoms with E-state index in [2.05, 4.69) is 182 Å². The molecule has 0 N–H and O–H groups in total. The van der Waals surface area contributed by atoms with E-state index in [1.165, 1.54) is 58.8 Å². The molecule has 0 spiro atoms. The van der Waals surface area contributed by atoms with Crippen molar-refractivity contribution in [2.24, 2.45) is 0 Å². The predicted octanol–water partition coefficient (Wildman–Crippen LogP) is 14.0. The Bertz CT molecular complexity index is 2840. The van der Waals surface area contributed by atoms with Crippen LogP contribution in [0.3, 0.4) is 0 Å². The molecule has 0 bridgehead atoms. The second-order valence-corrected chi connectivity index (χ2v) is 14.4. The van der Waals surface area contributed by atoms with Gasteiger partial charge in [-0.3, -0.25) is 0 Å². The standard InChI is InChI=1S/C50H32N2S/c1-5-15-34(16-6-1)43-32-44(35-17-7-2-8-18-35)52-50(51-43)38-27-25-33(26-28-38)39-29-30-45-42(31-39)48-41-24-14-13-23-40(41)46(36-19-9-3-10-20-36)47(49(48)53-45)37-21-11-4-12-22-37/h1-32H. The van der Waals surface area contributed by atoms with Crippen LogP contribution >= 0.6 is 11.3 Å². The molecule has 0 radical (unpaired) electrons. The zero-order valence-corrected chi connectivity index (χ0v) is 29.6. The highest BCUT2D eigenvalue weighted by Crippen LogP contribution is 2.50. The lowest BCUT2D eigenvalue weighted by Crippen LogP contribution is -1.95. The summed E-state index contributed by atoms with van der Waals surface area (Å²) in [5.41, 5.74) is 12.3. The molecule has 8 aromatic carbocycles. The van der Waals surface area contributed by atoms with Crippen LogP contribution in [-0.2, 0) is 0 Å². The van der Waals surface area contributed by atoms with Gasteiger partial charge in [-0.25, -0.2) is 9.97 Å². The summed E-state index contributed by atoms with van der Waals surface area (Å²) < 4.78 is 2.61. The zero-order valence-electron chi connectivity index (χ0n) is 28.8. The van der Waals surface area contributed by atoms with Crippen LogP contribution in [-0.4, -0.2) is 9.97 Å². The van der Waals surface area contributed by atoms with Crippen LogP contribution in [0.25, 0.3) is 98.2 Å². The van der Waals surface area contributed by atoms with Gasteiger partial charge in [0.05, 0.1) is 11.4 Å². The van der Waals surface area contributed by atoms with Crippen molar-refractivity contribution >= 4 is 42.3 Å². The van der Waals surface area contributed by atoms with E-state index >= 15 is 0 Å². The molecule has 0 unspecified atom stereocenters. The van der Waals surface area contributed by atoms with E-state index < -0.39 is 0 Å². The normalized spacial score (nSPS) is 11.4. The lowest BCUT2D eigenvalue weighted by atomic mass is 9.87. The second kappa shape index (κ2) is 13.1. The van der Waals surface area contributed by atoms with E-state index in [0.717, 1.165) is 33.6 Å². The lowest BCUT2D eigenvalue weighted by Gasteiger charge is -2.16. The smallest absolute Gasteiger partial charge is 0.160 e. The molecule has 53 heavy (non-hydrogen) atoms. The molecule has 0 saturated heterocycles. The van der Waals surface area contributed by atoms with Gasteiger partial charge in [0, 0.05) is 42.4 Å². The fraction of sp³-hybridized carbons (Fsp3) is 0. The van der Waals surface area contributed by atoms with Crippen molar-refractivity contribution in [3.8, 4) is 67.3 Å². The van der Waals surface area contributed by atoms with Gasteiger partial charge < -0.3 is 0 Å². The van der Waals surface area contributed by atoms with Gasteiger partial charge in [0.1, 0.15) is 0 Å². The molecule has 0 atom stereocenters. The van der Waals surface area contributed by atoms with Crippen LogP contribution in [0.2, 0.25) is 0 Å². The maximum Gasteiger partial charge on any atom is 0.160 e. The van der Waals surface area contributed by atoms with Crippen molar-refractivity contribution in [2.45, 2.75) is 0 Å². The van der Waals surface area contributed by atoms with Crippen molar-refractivity contribution in [1.82, 2.24) is 9.97 Å². The highest BCUT2D eigenvalue weighted by molar-refractivity contribution is 7.26. The number of aromatic nitrogens is 2. The van der Waals surface area contributed by atoms with Gasteiger partial charge >= 0.3 is 0 Å². The number of fused-ring (bicyclic) bond motifs is 5. The van der Waals surface area contributed by atoms with Crippen molar-refractivity contribution in [2.75, 3.05) is 0 Å². The molecule has 0 amide bonds. The topological polar surface area (TPSA) is 25.8 Å². The molecule has 3 heteroatoms. The first kappa shape index (κ1) is 31.1. The average molecular weight is 693 g/mol. The molecule has 2 nitrogen and oxygen atoms in total. The van der Waals surface area contributed by atoms with Crippen LogP contribution in [0.4, 0.5) is 0 Å². The summed E-state index contributed by atoms with van der Waals surface area (Å²) >= 11 is 1.89. The van der Waals surface area contributed by atoms with Crippen LogP contribution in [0.15, 0.2) is 194 Å². The van der Waals surface area contributed by atoms with Crippen molar-refractivity contribution in [3.05, 3.63) is 194 Å². The van der Waals surface area contributed by atoms with E-state index in [1.54, 1.807) is 0 Å². The van der Waals surface area contributed by atoms with E-state index in [9.17, 15) is 0 Å². The Morgan fingerprint density at radius 1 is 0.321 bits per heavy atom. The van der Waals surface area contributed by atoms with Crippen LogP contribution in [0.5, 0.6) is 0 Å². The van der Waals surface area contributed by atoms with Gasteiger partial charge in [-0.05, 0) is 56.8 Å². The minimum absolute atomic E-state index is 0.713. The second-order valence-electron chi connectivity index (χ2n) is 13.3. The zero-order chi connectivity index (χ0) is 35.1.